The molecule has 0 amide bonds. The summed E-state index contributed by atoms with van der Waals surface area (Å²) in [5.41, 5.74) is 6.38. The van der Waals surface area contributed by atoms with E-state index in [0.717, 1.165) is 5.92 Å². The molecule has 14 heavy (non-hydrogen) atoms. The summed E-state index contributed by atoms with van der Waals surface area (Å²) in [7, 11) is 0. The first-order valence-corrected chi connectivity index (χ1v) is 6.28. The summed E-state index contributed by atoms with van der Waals surface area (Å²) in [5.74, 6) is 0.913. The van der Waals surface area contributed by atoms with E-state index in [9.17, 15) is 0 Å². The van der Waals surface area contributed by atoms with Crippen molar-refractivity contribution < 1.29 is 0 Å². The molecule has 1 heteroatoms. The highest BCUT2D eigenvalue weighted by Crippen LogP contribution is 2.40. The van der Waals surface area contributed by atoms with Crippen LogP contribution in [0.4, 0.5) is 0 Å². The van der Waals surface area contributed by atoms with Crippen molar-refractivity contribution in [3.8, 4) is 0 Å². The molecule has 1 saturated carbocycles. The lowest BCUT2D eigenvalue weighted by Crippen LogP contribution is -2.31. The normalized spacial score (nSPS) is 23.1. The monoisotopic (exact) mass is 197 g/mol. The maximum absolute atomic E-state index is 5.92. The molecule has 0 radical (unpaired) electrons. The van der Waals surface area contributed by atoms with Crippen molar-refractivity contribution in [2.45, 2.75) is 71.8 Å². The molecule has 1 aliphatic carbocycles. The van der Waals surface area contributed by atoms with Crippen LogP contribution < -0.4 is 5.73 Å². The van der Waals surface area contributed by atoms with Gasteiger partial charge in [0.25, 0.3) is 0 Å². The van der Waals surface area contributed by atoms with Gasteiger partial charge in [0.05, 0.1) is 0 Å². The van der Waals surface area contributed by atoms with Gasteiger partial charge < -0.3 is 5.73 Å². The van der Waals surface area contributed by atoms with Gasteiger partial charge in [-0.05, 0) is 37.5 Å². The maximum atomic E-state index is 5.92. The topological polar surface area (TPSA) is 26.0 Å². The molecule has 0 aromatic rings. The van der Waals surface area contributed by atoms with E-state index in [1.165, 1.54) is 44.9 Å². The van der Waals surface area contributed by atoms with E-state index < -0.39 is 0 Å². The van der Waals surface area contributed by atoms with Crippen molar-refractivity contribution in [3.63, 3.8) is 0 Å². The Kier molecular flexibility index (Phi) is 4.43. The summed E-state index contributed by atoms with van der Waals surface area (Å²) < 4.78 is 0. The lowest BCUT2D eigenvalue weighted by molar-refractivity contribution is 0.164. The molecule has 0 aromatic carbocycles. The summed E-state index contributed by atoms with van der Waals surface area (Å²) >= 11 is 0. The van der Waals surface area contributed by atoms with Crippen molar-refractivity contribution >= 4 is 0 Å². The second kappa shape index (κ2) is 5.16. The fourth-order valence-corrected chi connectivity index (χ4v) is 3.06. The highest BCUT2D eigenvalue weighted by Gasteiger charge is 2.30. The van der Waals surface area contributed by atoms with E-state index in [-0.39, 0.29) is 0 Å². The van der Waals surface area contributed by atoms with Crippen LogP contribution in [0.2, 0.25) is 0 Å². The van der Waals surface area contributed by atoms with Gasteiger partial charge in [0, 0.05) is 6.04 Å². The molecule has 0 heterocycles. The summed E-state index contributed by atoms with van der Waals surface area (Å²) in [6.07, 6.45) is 9.81. The molecule has 84 valence electrons. The molecular formula is C13H27N. The largest absolute Gasteiger partial charge is 0.328 e. The molecule has 1 fully saturated rings. The molecule has 1 nitrogen and oxygen atoms in total. The van der Waals surface area contributed by atoms with Gasteiger partial charge in [-0.3, -0.25) is 0 Å². The predicted molar refractivity (Wildman–Crippen MR) is 63.2 cm³/mol. The van der Waals surface area contributed by atoms with Crippen LogP contribution in [0, 0.1) is 11.3 Å². The van der Waals surface area contributed by atoms with Crippen molar-refractivity contribution in [2.24, 2.45) is 17.1 Å². The quantitative estimate of drug-likeness (QED) is 0.686. The molecule has 1 aliphatic rings. The van der Waals surface area contributed by atoms with E-state index in [1.54, 1.807) is 0 Å². The second-order valence-electron chi connectivity index (χ2n) is 5.86. The van der Waals surface area contributed by atoms with Crippen molar-refractivity contribution in [1.82, 2.24) is 0 Å². The minimum absolute atomic E-state index is 0.355. The van der Waals surface area contributed by atoms with Gasteiger partial charge in [-0.1, -0.05) is 39.5 Å². The van der Waals surface area contributed by atoms with Gasteiger partial charge in [-0.2, -0.15) is 0 Å². The highest BCUT2D eigenvalue weighted by molar-refractivity contribution is 4.82. The Hall–Kier alpha value is -0.0400. The zero-order chi connectivity index (χ0) is 10.6. The average molecular weight is 197 g/mol. The molecule has 0 aromatic heterocycles. The van der Waals surface area contributed by atoms with Crippen LogP contribution in [0.25, 0.3) is 0 Å². The van der Waals surface area contributed by atoms with Crippen molar-refractivity contribution in [3.05, 3.63) is 0 Å². The van der Waals surface area contributed by atoms with Gasteiger partial charge >= 0.3 is 0 Å². The molecule has 1 unspecified atom stereocenters. The van der Waals surface area contributed by atoms with Gasteiger partial charge in [-0.25, -0.2) is 0 Å². The minimum atomic E-state index is 0.355. The van der Waals surface area contributed by atoms with Gasteiger partial charge in [0.1, 0.15) is 0 Å². The average Bonchev–Trinajstić information content (AvgIpc) is 2.28. The highest BCUT2D eigenvalue weighted by atomic mass is 14.6. The first-order valence-electron chi connectivity index (χ1n) is 6.28. The van der Waals surface area contributed by atoms with Crippen molar-refractivity contribution in [1.29, 1.82) is 0 Å². The van der Waals surface area contributed by atoms with Crippen LogP contribution in [0.3, 0.4) is 0 Å². The van der Waals surface area contributed by atoms with E-state index >= 15 is 0 Å². The van der Waals surface area contributed by atoms with Crippen LogP contribution in [0.15, 0.2) is 0 Å². The van der Waals surface area contributed by atoms with Gasteiger partial charge in [0.15, 0.2) is 0 Å². The van der Waals surface area contributed by atoms with Crippen LogP contribution in [0.1, 0.15) is 65.7 Å². The van der Waals surface area contributed by atoms with Gasteiger partial charge in [-0.15, -0.1) is 0 Å². The van der Waals surface area contributed by atoms with Crippen LogP contribution in [-0.2, 0) is 0 Å². The third-order valence-corrected chi connectivity index (χ3v) is 3.81. The van der Waals surface area contributed by atoms with E-state index in [4.69, 9.17) is 5.73 Å². The van der Waals surface area contributed by atoms with E-state index in [0.29, 0.717) is 11.5 Å². The summed E-state index contributed by atoms with van der Waals surface area (Å²) in [4.78, 5) is 0. The van der Waals surface area contributed by atoms with Gasteiger partial charge in [0.2, 0.25) is 0 Å². The number of hydrogen-bond acceptors (Lipinski definition) is 1. The Morgan fingerprint density at radius 3 is 2.07 bits per heavy atom. The number of rotatable bonds is 3. The molecule has 2 N–H and O–H groups in total. The van der Waals surface area contributed by atoms with Crippen LogP contribution in [-0.4, -0.2) is 6.04 Å². The summed E-state index contributed by atoms with van der Waals surface area (Å²) in [6.45, 7) is 6.96. The number of hydrogen-bond donors (Lipinski definition) is 1. The summed E-state index contributed by atoms with van der Waals surface area (Å²) in [6, 6.07) is 0.355. The van der Waals surface area contributed by atoms with Crippen LogP contribution in [0.5, 0.6) is 0 Å². The number of nitrogens with two attached hydrogens (primary N) is 1. The fourth-order valence-electron chi connectivity index (χ4n) is 3.06. The Morgan fingerprint density at radius 1 is 1.14 bits per heavy atom. The predicted octanol–water partition coefficient (Wildman–Crippen LogP) is 3.72. The Balaban J connectivity index is 2.50. The third-order valence-electron chi connectivity index (χ3n) is 3.81. The maximum Gasteiger partial charge on any atom is 0.00156 e. The Labute approximate surface area is 89.5 Å². The zero-order valence-electron chi connectivity index (χ0n) is 10.2. The lowest BCUT2D eigenvalue weighted by atomic mass is 9.71. The minimum Gasteiger partial charge on any atom is -0.328 e. The standard InChI is InChI=1S/C13H27N/c1-11(14)10-13(2,3)12-8-6-4-5-7-9-12/h11-12H,4-10,14H2,1-3H3. The smallest absolute Gasteiger partial charge is 0.00156 e. The molecule has 1 rings (SSSR count). The molecule has 0 bridgehead atoms. The Bertz CT molecular complexity index is 153. The zero-order valence-corrected chi connectivity index (χ0v) is 10.2. The molecular weight excluding hydrogens is 170 g/mol. The first kappa shape index (κ1) is 12.0. The lowest BCUT2D eigenvalue weighted by Gasteiger charge is -2.35. The van der Waals surface area contributed by atoms with E-state index in [2.05, 4.69) is 20.8 Å². The van der Waals surface area contributed by atoms with E-state index in [1.807, 2.05) is 0 Å². The molecule has 0 spiro atoms. The third kappa shape index (κ3) is 3.61. The molecule has 1 atom stereocenters. The molecule has 0 aliphatic heterocycles. The fraction of sp³-hybridized carbons (Fsp3) is 1.00. The SMILES string of the molecule is CC(N)CC(C)(C)C1CCCCCC1. The van der Waals surface area contributed by atoms with Crippen molar-refractivity contribution in [2.75, 3.05) is 0 Å². The first-order chi connectivity index (χ1) is 6.52. The molecule has 0 saturated heterocycles. The Morgan fingerprint density at radius 2 is 1.64 bits per heavy atom. The van der Waals surface area contributed by atoms with Crippen LogP contribution >= 0.6 is 0 Å². The second-order valence-corrected chi connectivity index (χ2v) is 5.86. The summed E-state index contributed by atoms with van der Waals surface area (Å²) in [5, 5.41) is 0.